The van der Waals surface area contributed by atoms with Crippen LogP contribution in [0.15, 0.2) is 6.07 Å². The molecule has 0 radical (unpaired) electrons. The van der Waals surface area contributed by atoms with Gasteiger partial charge in [-0.05, 0) is 0 Å². The van der Waals surface area contributed by atoms with E-state index in [0.29, 0.717) is 21.9 Å². The highest BCUT2D eigenvalue weighted by atomic mass is 35.5. The van der Waals surface area contributed by atoms with Crippen LogP contribution in [0.3, 0.4) is 0 Å². The fraction of sp³-hybridized carbons (Fsp3) is 0.571. The van der Waals surface area contributed by atoms with Crippen LogP contribution in [-0.4, -0.2) is 64.9 Å². The van der Waals surface area contributed by atoms with E-state index in [1.165, 1.54) is 0 Å². The Balaban J connectivity index is 1.69. The number of halogens is 2. The number of aryl methyl sites for hydroxylation is 1. The van der Waals surface area contributed by atoms with E-state index in [1.54, 1.807) is 6.07 Å². The molecule has 2 aromatic heterocycles. The van der Waals surface area contributed by atoms with E-state index in [-0.39, 0.29) is 0 Å². The van der Waals surface area contributed by atoms with Gasteiger partial charge in [0.1, 0.15) is 10.7 Å². The highest BCUT2D eigenvalue weighted by Gasteiger charge is 2.31. The average molecular weight is 342 g/mol. The summed E-state index contributed by atoms with van der Waals surface area (Å²) in [6.45, 7) is 5.54. The molecule has 0 aliphatic carbocycles. The lowest BCUT2D eigenvalue weighted by Gasteiger charge is -2.43. The van der Waals surface area contributed by atoms with Crippen LogP contribution in [0.1, 0.15) is 0 Å². The summed E-state index contributed by atoms with van der Waals surface area (Å²) in [4.78, 5) is 13.6. The van der Waals surface area contributed by atoms with E-state index >= 15 is 0 Å². The van der Waals surface area contributed by atoms with Gasteiger partial charge < -0.3 is 14.2 Å². The van der Waals surface area contributed by atoms with Crippen LogP contribution in [0.25, 0.3) is 11.0 Å². The Morgan fingerprint density at radius 3 is 2.95 bits per heavy atom. The van der Waals surface area contributed by atoms with Gasteiger partial charge in [0.15, 0.2) is 5.15 Å². The van der Waals surface area contributed by atoms with Crippen molar-refractivity contribution < 1.29 is 4.74 Å². The Labute approximate surface area is 138 Å². The number of pyridine rings is 1. The van der Waals surface area contributed by atoms with E-state index in [4.69, 9.17) is 32.9 Å². The van der Waals surface area contributed by atoms with Gasteiger partial charge in [-0.15, -0.1) is 0 Å². The zero-order chi connectivity index (χ0) is 15.3. The van der Waals surface area contributed by atoms with Gasteiger partial charge in [0.05, 0.1) is 24.8 Å². The van der Waals surface area contributed by atoms with Crippen molar-refractivity contribution in [1.82, 2.24) is 19.4 Å². The van der Waals surface area contributed by atoms with Gasteiger partial charge in [0.2, 0.25) is 5.95 Å². The molecule has 4 heterocycles. The first-order valence-electron chi connectivity index (χ1n) is 7.38. The van der Waals surface area contributed by atoms with Gasteiger partial charge in [-0.3, -0.25) is 4.90 Å². The van der Waals surface area contributed by atoms with Crippen LogP contribution in [0.2, 0.25) is 10.3 Å². The molecule has 1 unspecified atom stereocenters. The molecule has 2 aliphatic heterocycles. The number of aromatic nitrogens is 3. The van der Waals surface area contributed by atoms with Crippen LogP contribution in [-0.2, 0) is 11.8 Å². The molecular formula is C14H17Cl2N5O. The predicted octanol–water partition coefficient (Wildman–Crippen LogP) is 1.80. The Bertz CT molecular complexity index is 719. The van der Waals surface area contributed by atoms with Crippen molar-refractivity contribution in [1.29, 1.82) is 0 Å². The van der Waals surface area contributed by atoms with Crippen molar-refractivity contribution in [2.75, 3.05) is 44.3 Å². The summed E-state index contributed by atoms with van der Waals surface area (Å²) in [6.07, 6.45) is 0. The molecule has 2 aliphatic rings. The molecule has 22 heavy (non-hydrogen) atoms. The van der Waals surface area contributed by atoms with Crippen LogP contribution in [0.5, 0.6) is 0 Å². The van der Waals surface area contributed by atoms with E-state index < -0.39 is 0 Å². The van der Waals surface area contributed by atoms with E-state index in [2.05, 4.69) is 14.8 Å². The second-order valence-corrected chi connectivity index (χ2v) is 6.53. The number of ether oxygens (including phenoxy) is 1. The summed E-state index contributed by atoms with van der Waals surface area (Å²) in [6, 6.07) is 2.23. The first kappa shape index (κ1) is 14.5. The number of imidazole rings is 1. The molecule has 0 N–H and O–H groups in total. The molecule has 0 amide bonds. The van der Waals surface area contributed by atoms with Crippen molar-refractivity contribution in [2.45, 2.75) is 6.04 Å². The molecule has 2 aromatic rings. The standard InChI is InChI=1S/C14H17Cl2N5O/c1-19-10-6-11(15)17-13(16)12(10)18-14(19)21-3-2-20-4-5-22-8-9(20)7-21/h6,9H,2-5,7-8H2,1H3. The molecule has 0 spiro atoms. The van der Waals surface area contributed by atoms with Gasteiger partial charge >= 0.3 is 0 Å². The Hall–Kier alpha value is -1.08. The topological polar surface area (TPSA) is 46.4 Å². The monoisotopic (exact) mass is 341 g/mol. The molecule has 6 nitrogen and oxygen atoms in total. The highest BCUT2D eigenvalue weighted by molar-refractivity contribution is 6.36. The fourth-order valence-corrected chi connectivity index (χ4v) is 3.78. The molecule has 2 fully saturated rings. The number of anilines is 1. The smallest absolute Gasteiger partial charge is 0.206 e. The van der Waals surface area contributed by atoms with Gasteiger partial charge in [-0.1, -0.05) is 23.2 Å². The van der Waals surface area contributed by atoms with Crippen molar-refractivity contribution >= 4 is 40.2 Å². The molecule has 1 atom stereocenters. The first-order chi connectivity index (χ1) is 10.6. The SMILES string of the molecule is Cn1c(N2CCN3CCOCC3C2)nc2c(Cl)nc(Cl)cc21. The largest absolute Gasteiger partial charge is 0.378 e. The maximum absolute atomic E-state index is 6.18. The first-order valence-corrected chi connectivity index (χ1v) is 8.14. The quantitative estimate of drug-likeness (QED) is 0.740. The third-order valence-corrected chi connectivity index (χ3v) is 4.95. The predicted molar refractivity (Wildman–Crippen MR) is 86.9 cm³/mol. The van der Waals surface area contributed by atoms with Crippen LogP contribution < -0.4 is 4.90 Å². The second kappa shape index (κ2) is 5.53. The lowest BCUT2D eigenvalue weighted by atomic mass is 10.1. The Morgan fingerprint density at radius 1 is 1.23 bits per heavy atom. The molecule has 118 valence electrons. The van der Waals surface area contributed by atoms with Crippen molar-refractivity contribution in [3.8, 4) is 0 Å². The molecule has 4 rings (SSSR count). The van der Waals surface area contributed by atoms with Crippen LogP contribution in [0, 0.1) is 0 Å². The average Bonchev–Trinajstić information content (AvgIpc) is 2.84. The normalized spacial score (nSPS) is 23.0. The summed E-state index contributed by atoms with van der Waals surface area (Å²) in [5.74, 6) is 0.909. The summed E-state index contributed by atoms with van der Waals surface area (Å²) in [5, 5.41) is 0.738. The van der Waals surface area contributed by atoms with E-state index in [1.807, 2.05) is 11.6 Å². The van der Waals surface area contributed by atoms with Gasteiger partial charge in [-0.25, -0.2) is 9.97 Å². The number of piperazine rings is 1. The van der Waals surface area contributed by atoms with Gasteiger partial charge in [0, 0.05) is 39.3 Å². The number of fused-ring (bicyclic) bond motifs is 2. The number of nitrogens with zero attached hydrogens (tertiary/aromatic N) is 5. The fourth-order valence-electron chi connectivity index (χ4n) is 3.32. The van der Waals surface area contributed by atoms with Crippen LogP contribution >= 0.6 is 23.2 Å². The third-order valence-electron chi connectivity index (χ3n) is 4.49. The zero-order valence-electron chi connectivity index (χ0n) is 12.3. The molecular weight excluding hydrogens is 325 g/mol. The molecule has 0 aromatic carbocycles. The molecule has 2 saturated heterocycles. The third kappa shape index (κ3) is 2.34. The lowest BCUT2D eigenvalue weighted by molar-refractivity contribution is -0.0119. The molecule has 0 bridgehead atoms. The molecule has 8 heteroatoms. The summed E-state index contributed by atoms with van der Waals surface area (Å²) < 4.78 is 7.64. The number of hydrogen-bond donors (Lipinski definition) is 0. The van der Waals surface area contributed by atoms with Gasteiger partial charge in [0.25, 0.3) is 0 Å². The summed E-state index contributed by atoms with van der Waals surface area (Å²) in [7, 11) is 1.99. The minimum absolute atomic E-state index is 0.351. The molecule has 0 saturated carbocycles. The van der Waals surface area contributed by atoms with Crippen LogP contribution in [0.4, 0.5) is 5.95 Å². The minimum Gasteiger partial charge on any atom is -0.378 e. The summed E-state index contributed by atoms with van der Waals surface area (Å²) in [5.41, 5.74) is 1.60. The maximum atomic E-state index is 6.18. The minimum atomic E-state index is 0.351. The van der Waals surface area contributed by atoms with Gasteiger partial charge in [-0.2, -0.15) is 0 Å². The zero-order valence-corrected chi connectivity index (χ0v) is 13.8. The van der Waals surface area contributed by atoms with Crippen molar-refractivity contribution in [3.05, 3.63) is 16.4 Å². The Morgan fingerprint density at radius 2 is 2.09 bits per heavy atom. The second-order valence-electron chi connectivity index (χ2n) is 5.79. The maximum Gasteiger partial charge on any atom is 0.206 e. The number of rotatable bonds is 1. The van der Waals surface area contributed by atoms with Crippen molar-refractivity contribution in [2.24, 2.45) is 7.05 Å². The number of morpholine rings is 1. The van der Waals surface area contributed by atoms with Crippen molar-refractivity contribution in [3.63, 3.8) is 0 Å². The van der Waals surface area contributed by atoms with E-state index in [9.17, 15) is 0 Å². The van der Waals surface area contributed by atoms with E-state index in [0.717, 1.165) is 50.9 Å². The summed E-state index contributed by atoms with van der Waals surface area (Å²) >= 11 is 12.2. The lowest BCUT2D eigenvalue weighted by Crippen LogP contribution is -2.58. The highest BCUT2D eigenvalue weighted by Crippen LogP contribution is 2.29. The number of hydrogen-bond acceptors (Lipinski definition) is 5. The Kier molecular flexibility index (Phi) is 3.64.